The maximum Gasteiger partial charge on any atom is 0.238 e. The molecule has 3 rings (SSSR count). The molecular weight excluding hydrogens is 214 g/mol. The molecule has 4 heteroatoms. The maximum atomic E-state index is 5.30. The van der Waals surface area contributed by atoms with E-state index in [0.717, 1.165) is 31.4 Å². The van der Waals surface area contributed by atoms with Gasteiger partial charge in [0.15, 0.2) is 0 Å². The zero-order chi connectivity index (χ0) is 11.8. The fourth-order valence-electron chi connectivity index (χ4n) is 2.57. The predicted molar refractivity (Wildman–Crippen MR) is 67.6 cm³/mol. The molecule has 0 saturated heterocycles. The van der Waals surface area contributed by atoms with Crippen LogP contribution in [0, 0.1) is 0 Å². The molecular formula is C13H17N3O. The Morgan fingerprint density at radius 3 is 3.00 bits per heavy atom. The van der Waals surface area contributed by atoms with Crippen LogP contribution < -0.4 is 4.74 Å². The summed E-state index contributed by atoms with van der Waals surface area (Å²) in [5.41, 5.74) is 3.82. The van der Waals surface area contributed by atoms with Gasteiger partial charge in [0, 0.05) is 36.8 Å². The molecule has 90 valence electrons. The average Bonchev–Trinajstić information content (AvgIpc) is 2.61. The molecule has 0 fully saturated rings. The van der Waals surface area contributed by atoms with Crippen molar-refractivity contribution >= 4 is 10.9 Å². The lowest BCUT2D eigenvalue weighted by Gasteiger charge is -2.11. The zero-order valence-corrected chi connectivity index (χ0v) is 10.3. The Balaban J connectivity index is 2.16. The van der Waals surface area contributed by atoms with E-state index < -0.39 is 0 Å². The van der Waals surface area contributed by atoms with Gasteiger partial charge in [0.05, 0.1) is 7.11 Å². The third kappa shape index (κ3) is 1.69. The second-order valence-corrected chi connectivity index (χ2v) is 4.63. The number of aromatic nitrogens is 2. The van der Waals surface area contributed by atoms with Gasteiger partial charge in [0.1, 0.15) is 5.52 Å². The monoisotopic (exact) mass is 231 g/mol. The van der Waals surface area contributed by atoms with E-state index in [2.05, 4.69) is 28.0 Å². The van der Waals surface area contributed by atoms with Crippen molar-refractivity contribution in [3.63, 3.8) is 0 Å². The molecule has 1 aliphatic heterocycles. The Kier molecular flexibility index (Phi) is 2.52. The number of hydrogen-bond acceptors (Lipinski definition) is 3. The Hall–Kier alpha value is -1.55. The van der Waals surface area contributed by atoms with Gasteiger partial charge in [-0.25, -0.2) is 4.98 Å². The van der Waals surface area contributed by atoms with Gasteiger partial charge in [-0.1, -0.05) is 0 Å². The lowest BCUT2D eigenvalue weighted by atomic mass is 10.1. The molecule has 0 amide bonds. The summed E-state index contributed by atoms with van der Waals surface area (Å²) in [6.07, 6.45) is 3.99. The van der Waals surface area contributed by atoms with E-state index in [1.165, 1.54) is 16.6 Å². The third-order valence-corrected chi connectivity index (χ3v) is 3.56. The van der Waals surface area contributed by atoms with Crippen molar-refractivity contribution in [1.82, 2.24) is 14.9 Å². The molecule has 0 radical (unpaired) electrons. The molecule has 0 saturated carbocycles. The molecule has 0 aromatic carbocycles. The molecule has 0 atom stereocenters. The smallest absolute Gasteiger partial charge is 0.238 e. The topological polar surface area (TPSA) is 41.1 Å². The molecule has 2 aromatic rings. The summed E-state index contributed by atoms with van der Waals surface area (Å²) in [6.45, 7) is 2.22. The van der Waals surface area contributed by atoms with Crippen molar-refractivity contribution in [2.75, 3.05) is 27.2 Å². The van der Waals surface area contributed by atoms with Gasteiger partial charge in [0.25, 0.3) is 0 Å². The molecule has 0 unspecified atom stereocenters. The summed E-state index contributed by atoms with van der Waals surface area (Å²) in [5, 5.41) is 1.27. The first-order valence-corrected chi connectivity index (χ1v) is 6.00. The van der Waals surface area contributed by atoms with Crippen LogP contribution >= 0.6 is 0 Å². The Bertz CT molecular complexity index is 547. The predicted octanol–water partition coefficient (Wildman–Crippen LogP) is 1.60. The summed E-state index contributed by atoms with van der Waals surface area (Å²) in [4.78, 5) is 10.1. The summed E-state index contributed by atoms with van der Waals surface area (Å²) in [7, 11) is 3.85. The second kappa shape index (κ2) is 4.04. The first-order valence-electron chi connectivity index (χ1n) is 6.00. The number of fused-ring (bicyclic) bond motifs is 3. The highest BCUT2D eigenvalue weighted by molar-refractivity contribution is 5.88. The summed E-state index contributed by atoms with van der Waals surface area (Å²) < 4.78 is 5.30. The standard InChI is InChI=1S/C13H17N3O/c1-16-7-4-9-10-3-6-14-13(17-2)12(10)15-11(9)5-8-16/h3,6,15H,4-5,7-8H2,1-2H3. The molecule has 1 N–H and O–H groups in total. The van der Waals surface area contributed by atoms with Gasteiger partial charge in [-0.05, 0) is 25.1 Å². The van der Waals surface area contributed by atoms with Crippen molar-refractivity contribution in [1.29, 1.82) is 0 Å². The SMILES string of the molecule is COc1nccc2c3c([nH]c12)CCN(C)CC3. The molecule has 2 aromatic heterocycles. The lowest BCUT2D eigenvalue weighted by molar-refractivity contribution is 0.352. The Labute approximate surface area is 101 Å². The van der Waals surface area contributed by atoms with Crippen LogP contribution in [0.2, 0.25) is 0 Å². The van der Waals surface area contributed by atoms with Crippen LogP contribution in [-0.4, -0.2) is 42.1 Å². The zero-order valence-electron chi connectivity index (χ0n) is 10.3. The number of hydrogen-bond donors (Lipinski definition) is 1. The molecule has 3 heterocycles. The van der Waals surface area contributed by atoms with E-state index in [-0.39, 0.29) is 0 Å². The minimum Gasteiger partial charge on any atom is -0.479 e. The van der Waals surface area contributed by atoms with Gasteiger partial charge in [-0.3, -0.25) is 0 Å². The number of nitrogens with zero attached hydrogens (tertiary/aromatic N) is 2. The third-order valence-electron chi connectivity index (χ3n) is 3.56. The molecule has 17 heavy (non-hydrogen) atoms. The number of rotatable bonds is 1. The summed E-state index contributed by atoms with van der Waals surface area (Å²) in [5.74, 6) is 0.698. The molecule has 0 spiro atoms. The van der Waals surface area contributed by atoms with E-state index in [9.17, 15) is 0 Å². The highest BCUT2D eigenvalue weighted by Crippen LogP contribution is 2.29. The summed E-state index contributed by atoms with van der Waals surface area (Å²) >= 11 is 0. The van der Waals surface area contributed by atoms with Crippen LogP contribution in [-0.2, 0) is 12.8 Å². The van der Waals surface area contributed by atoms with Crippen LogP contribution in [0.25, 0.3) is 10.9 Å². The number of aromatic amines is 1. The Morgan fingerprint density at radius 2 is 2.18 bits per heavy atom. The van der Waals surface area contributed by atoms with Crippen LogP contribution in [0.3, 0.4) is 0 Å². The number of likely N-dealkylation sites (N-methyl/N-ethyl adjacent to an activating group) is 1. The van der Waals surface area contributed by atoms with Crippen molar-refractivity contribution < 1.29 is 4.74 Å². The van der Waals surface area contributed by atoms with E-state index in [4.69, 9.17) is 4.74 Å². The van der Waals surface area contributed by atoms with E-state index in [1.54, 1.807) is 7.11 Å². The van der Waals surface area contributed by atoms with Gasteiger partial charge in [-0.15, -0.1) is 0 Å². The molecule has 0 aliphatic carbocycles. The number of ether oxygens (including phenoxy) is 1. The largest absolute Gasteiger partial charge is 0.479 e. The van der Waals surface area contributed by atoms with Crippen molar-refractivity contribution in [3.8, 4) is 5.88 Å². The first kappa shape index (κ1) is 10.6. The highest BCUT2D eigenvalue weighted by atomic mass is 16.5. The lowest BCUT2D eigenvalue weighted by Crippen LogP contribution is -2.21. The fourth-order valence-corrected chi connectivity index (χ4v) is 2.57. The number of nitrogens with one attached hydrogen (secondary N) is 1. The van der Waals surface area contributed by atoms with Crippen LogP contribution in [0.15, 0.2) is 12.3 Å². The molecule has 1 aliphatic rings. The first-order chi connectivity index (χ1) is 8.29. The maximum absolute atomic E-state index is 5.30. The van der Waals surface area contributed by atoms with Crippen LogP contribution in [0.4, 0.5) is 0 Å². The Morgan fingerprint density at radius 1 is 1.35 bits per heavy atom. The molecule has 0 bridgehead atoms. The van der Waals surface area contributed by atoms with Crippen LogP contribution in [0.5, 0.6) is 5.88 Å². The second-order valence-electron chi connectivity index (χ2n) is 4.63. The van der Waals surface area contributed by atoms with E-state index >= 15 is 0 Å². The van der Waals surface area contributed by atoms with Gasteiger partial charge < -0.3 is 14.6 Å². The normalized spacial score (nSPS) is 16.8. The minimum atomic E-state index is 0.698. The molecule has 4 nitrogen and oxygen atoms in total. The fraction of sp³-hybridized carbons (Fsp3) is 0.462. The van der Waals surface area contributed by atoms with Crippen molar-refractivity contribution in [3.05, 3.63) is 23.5 Å². The highest BCUT2D eigenvalue weighted by Gasteiger charge is 2.18. The van der Waals surface area contributed by atoms with Crippen LogP contribution in [0.1, 0.15) is 11.3 Å². The quantitative estimate of drug-likeness (QED) is 0.810. The van der Waals surface area contributed by atoms with E-state index in [1.807, 2.05) is 6.20 Å². The average molecular weight is 231 g/mol. The van der Waals surface area contributed by atoms with Gasteiger partial charge in [0.2, 0.25) is 5.88 Å². The van der Waals surface area contributed by atoms with Gasteiger partial charge >= 0.3 is 0 Å². The van der Waals surface area contributed by atoms with Crippen molar-refractivity contribution in [2.24, 2.45) is 0 Å². The summed E-state index contributed by atoms with van der Waals surface area (Å²) in [6, 6.07) is 2.08. The number of methoxy groups -OCH3 is 1. The minimum absolute atomic E-state index is 0.698. The van der Waals surface area contributed by atoms with Crippen molar-refractivity contribution in [2.45, 2.75) is 12.8 Å². The number of pyridine rings is 1. The van der Waals surface area contributed by atoms with Gasteiger partial charge in [-0.2, -0.15) is 0 Å². The number of H-pyrrole nitrogens is 1. The van der Waals surface area contributed by atoms with E-state index in [0.29, 0.717) is 5.88 Å².